The third-order valence-corrected chi connectivity index (χ3v) is 2.57. The Morgan fingerprint density at radius 2 is 1.67 bits per heavy atom. The van der Waals surface area contributed by atoms with E-state index >= 15 is 0 Å². The predicted octanol–water partition coefficient (Wildman–Crippen LogP) is 4.23. The summed E-state index contributed by atoms with van der Waals surface area (Å²) in [4.78, 5) is 0. The van der Waals surface area contributed by atoms with Gasteiger partial charge in [0, 0.05) is 0 Å². The third kappa shape index (κ3) is 11.4. The van der Waals surface area contributed by atoms with Gasteiger partial charge in [0.05, 0.1) is 6.10 Å². The van der Waals surface area contributed by atoms with Crippen LogP contribution < -0.4 is 0 Å². The molecular weight excluding hydrogens is 184 g/mol. The summed E-state index contributed by atoms with van der Waals surface area (Å²) in [5.41, 5.74) is 0. The highest BCUT2D eigenvalue weighted by atomic mass is 16.3. The molecule has 1 unspecified atom stereocenters. The van der Waals surface area contributed by atoms with Crippen LogP contribution in [0.4, 0.5) is 0 Å². The highest BCUT2D eigenvalue weighted by Gasteiger charge is 1.97. The predicted molar refractivity (Wildman–Crippen MR) is 68.0 cm³/mol. The zero-order valence-corrected chi connectivity index (χ0v) is 10.1. The second kappa shape index (κ2) is 11.5. The van der Waals surface area contributed by atoms with Crippen molar-refractivity contribution in [1.29, 1.82) is 0 Å². The van der Waals surface area contributed by atoms with E-state index in [0.29, 0.717) is 0 Å². The maximum Gasteiger partial charge on any atom is 0.0723 e. The number of aliphatic hydroxyl groups is 1. The molecule has 1 atom stereocenters. The normalized spacial score (nSPS) is 13.2. The van der Waals surface area contributed by atoms with Gasteiger partial charge in [0.25, 0.3) is 0 Å². The van der Waals surface area contributed by atoms with Gasteiger partial charge in [0.1, 0.15) is 0 Å². The van der Waals surface area contributed by atoms with Gasteiger partial charge in [-0.2, -0.15) is 0 Å². The van der Waals surface area contributed by atoms with Crippen LogP contribution in [0, 0.1) is 0 Å². The summed E-state index contributed by atoms with van der Waals surface area (Å²) in [5, 5.41) is 9.49. The highest BCUT2D eigenvalue weighted by molar-refractivity contribution is 5.00. The molecule has 0 spiro atoms. The molecular formula is C14H26O. The Bertz CT molecular complexity index is 161. The van der Waals surface area contributed by atoms with Crippen LogP contribution in [0.15, 0.2) is 24.8 Å². The standard InChI is InChI=1S/C14H26O/c1-3-5-7-8-9-10-11-13-14(15)12-6-4-2/h4,6,12,14-15H,2-3,5,7-11,13H2,1H3/b12-6-. The van der Waals surface area contributed by atoms with Gasteiger partial charge in [0.2, 0.25) is 0 Å². The molecule has 1 N–H and O–H groups in total. The molecule has 88 valence electrons. The SMILES string of the molecule is C=C/C=C\C(O)CCCCCCCCC. The Morgan fingerprint density at radius 1 is 1.07 bits per heavy atom. The number of rotatable bonds is 10. The van der Waals surface area contributed by atoms with E-state index in [2.05, 4.69) is 13.5 Å². The monoisotopic (exact) mass is 210 g/mol. The van der Waals surface area contributed by atoms with Crippen molar-refractivity contribution < 1.29 is 5.11 Å². The molecule has 0 aliphatic rings. The first-order valence-electron chi connectivity index (χ1n) is 6.28. The average molecular weight is 210 g/mol. The van der Waals surface area contributed by atoms with Crippen LogP contribution in [0.2, 0.25) is 0 Å². The minimum absolute atomic E-state index is 0.279. The van der Waals surface area contributed by atoms with Gasteiger partial charge in [-0.1, -0.05) is 76.7 Å². The zero-order chi connectivity index (χ0) is 11.4. The molecule has 0 bridgehead atoms. The van der Waals surface area contributed by atoms with Gasteiger partial charge < -0.3 is 5.11 Å². The zero-order valence-electron chi connectivity index (χ0n) is 10.1. The van der Waals surface area contributed by atoms with Crippen molar-refractivity contribution in [2.24, 2.45) is 0 Å². The van der Waals surface area contributed by atoms with Crippen LogP contribution in [0.5, 0.6) is 0 Å². The Hall–Kier alpha value is -0.560. The number of allylic oxidation sites excluding steroid dienone is 2. The summed E-state index contributed by atoms with van der Waals surface area (Å²) in [5.74, 6) is 0. The first-order chi connectivity index (χ1) is 7.31. The summed E-state index contributed by atoms with van der Waals surface area (Å²) in [6.45, 7) is 5.81. The fourth-order valence-electron chi connectivity index (χ4n) is 1.61. The lowest BCUT2D eigenvalue weighted by Gasteiger charge is -2.04. The Kier molecular flexibility index (Phi) is 11.1. The van der Waals surface area contributed by atoms with E-state index in [-0.39, 0.29) is 6.10 Å². The summed E-state index contributed by atoms with van der Waals surface area (Å²) in [6.07, 6.45) is 15.0. The number of aliphatic hydroxyl groups excluding tert-OH is 1. The molecule has 1 nitrogen and oxygen atoms in total. The fraction of sp³-hybridized carbons (Fsp3) is 0.714. The molecule has 0 saturated carbocycles. The third-order valence-electron chi connectivity index (χ3n) is 2.57. The van der Waals surface area contributed by atoms with Crippen molar-refractivity contribution >= 4 is 0 Å². The van der Waals surface area contributed by atoms with Crippen LogP contribution in [-0.2, 0) is 0 Å². The van der Waals surface area contributed by atoms with Gasteiger partial charge in [0.15, 0.2) is 0 Å². The maximum absolute atomic E-state index is 9.49. The van der Waals surface area contributed by atoms with Crippen molar-refractivity contribution in [3.8, 4) is 0 Å². The van der Waals surface area contributed by atoms with Crippen molar-refractivity contribution in [2.45, 2.75) is 64.4 Å². The average Bonchev–Trinajstić information content (AvgIpc) is 2.25. The maximum atomic E-state index is 9.49. The highest BCUT2D eigenvalue weighted by Crippen LogP contribution is 2.10. The smallest absolute Gasteiger partial charge is 0.0723 e. The minimum Gasteiger partial charge on any atom is -0.389 e. The lowest BCUT2D eigenvalue weighted by Crippen LogP contribution is -2.01. The van der Waals surface area contributed by atoms with Gasteiger partial charge in [-0.25, -0.2) is 0 Å². The first-order valence-corrected chi connectivity index (χ1v) is 6.28. The van der Waals surface area contributed by atoms with E-state index in [4.69, 9.17) is 0 Å². The van der Waals surface area contributed by atoms with Gasteiger partial charge in [-0.05, 0) is 6.42 Å². The van der Waals surface area contributed by atoms with E-state index in [1.807, 2.05) is 12.2 Å². The Labute approximate surface area is 94.9 Å². The first kappa shape index (κ1) is 14.4. The van der Waals surface area contributed by atoms with Crippen molar-refractivity contribution in [2.75, 3.05) is 0 Å². The summed E-state index contributed by atoms with van der Waals surface area (Å²) >= 11 is 0. The van der Waals surface area contributed by atoms with E-state index < -0.39 is 0 Å². The molecule has 0 rings (SSSR count). The Morgan fingerprint density at radius 3 is 2.27 bits per heavy atom. The quantitative estimate of drug-likeness (QED) is 0.422. The van der Waals surface area contributed by atoms with Crippen LogP contribution >= 0.6 is 0 Å². The molecule has 0 saturated heterocycles. The molecule has 0 aromatic rings. The van der Waals surface area contributed by atoms with E-state index in [9.17, 15) is 5.11 Å². The van der Waals surface area contributed by atoms with Crippen LogP contribution in [0.3, 0.4) is 0 Å². The molecule has 0 radical (unpaired) electrons. The molecule has 0 heterocycles. The lowest BCUT2D eigenvalue weighted by atomic mass is 10.1. The molecule has 0 amide bonds. The number of hydrogen-bond acceptors (Lipinski definition) is 1. The van der Waals surface area contributed by atoms with E-state index in [1.54, 1.807) is 6.08 Å². The molecule has 0 aromatic heterocycles. The largest absolute Gasteiger partial charge is 0.389 e. The number of unbranched alkanes of at least 4 members (excludes halogenated alkanes) is 6. The van der Waals surface area contributed by atoms with Crippen molar-refractivity contribution in [3.63, 3.8) is 0 Å². The molecule has 0 aliphatic heterocycles. The van der Waals surface area contributed by atoms with Crippen molar-refractivity contribution in [1.82, 2.24) is 0 Å². The van der Waals surface area contributed by atoms with Crippen LogP contribution in [0.1, 0.15) is 58.3 Å². The minimum atomic E-state index is -0.279. The Balaban J connectivity index is 3.16. The second-order valence-electron chi connectivity index (χ2n) is 4.10. The van der Waals surface area contributed by atoms with Crippen LogP contribution in [-0.4, -0.2) is 11.2 Å². The van der Waals surface area contributed by atoms with Gasteiger partial charge in [-0.3, -0.25) is 0 Å². The second-order valence-corrected chi connectivity index (χ2v) is 4.10. The summed E-state index contributed by atoms with van der Waals surface area (Å²) < 4.78 is 0. The lowest BCUT2D eigenvalue weighted by molar-refractivity contribution is 0.208. The molecule has 0 aliphatic carbocycles. The van der Waals surface area contributed by atoms with E-state index in [1.165, 1.54) is 38.5 Å². The molecule has 0 fully saturated rings. The van der Waals surface area contributed by atoms with Gasteiger partial charge >= 0.3 is 0 Å². The number of hydrogen-bond donors (Lipinski definition) is 1. The molecule has 1 heteroatoms. The van der Waals surface area contributed by atoms with Gasteiger partial charge in [-0.15, -0.1) is 0 Å². The topological polar surface area (TPSA) is 20.2 Å². The van der Waals surface area contributed by atoms with Crippen LogP contribution in [0.25, 0.3) is 0 Å². The molecule has 15 heavy (non-hydrogen) atoms. The van der Waals surface area contributed by atoms with E-state index in [0.717, 1.165) is 12.8 Å². The summed E-state index contributed by atoms with van der Waals surface area (Å²) in [7, 11) is 0. The van der Waals surface area contributed by atoms with Crippen molar-refractivity contribution in [3.05, 3.63) is 24.8 Å². The molecule has 0 aromatic carbocycles. The summed E-state index contributed by atoms with van der Waals surface area (Å²) in [6, 6.07) is 0. The fourth-order valence-corrected chi connectivity index (χ4v) is 1.61.